The molecule has 1 aliphatic carbocycles. The summed E-state index contributed by atoms with van der Waals surface area (Å²) < 4.78 is 33.4. The number of allylic oxidation sites excluding steroid dienone is 12. The Labute approximate surface area is 370 Å². The van der Waals surface area contributed by atoms with Gasteiger partial charge in [0.05, 0.1) is 12.7 Å². The van der Waals surface area contributed by atoms with Gasteiger partial charge in [-0.05, 0) is 96.8 Å². The maximum atomic E-state index is 12.8. The van der Waals surface area contributed by atoms with E-state index in [0.29, 0.717) is 19.3 Å². The molecule has 0 aromatic rings. The second-order valence-corrected chi connectivity index (χ2v) is 17.2. The SMILES string of the molecule is CCCCC/C=C\C/C=C\CCCCCCCC(=O)O[C@H](COC(=O)CCC/C=C\C/C=C\C/C=C\C/C=C\CCC[C@@H](C)O)COP(=O)(O)OC1[C@H](O)[C@H](O)C(O)[C@H](O)[C@H]1O. The van der Waals surface area contributed by atoms with Crippen LogP contribution in [0.15, 0.2) is 72.9 Å². The highest BCUT2D eigenvalue weighted by atomic mass is 31.2. The molecule has 1 aliphatic rings. The Morgan fingerprint density at radius 2 is 1.00 bits per heavy atom. The Morgan fingerprint density at radius 1 is 0.565 bits per heavy atom. The molecule has 9 atom stereocenters. The molecule has 0 aliphatic heterocycles. The van der Waals surface area contributed by atoms with Crippen molar-refractivity contribution >= 4 is 19.8 Å². The topological polar surface area (TPSA) is 230 Å². The number of hydrogen-bond donors (Lipinski definition) is 7. The van der Waals surface area contributed by atoms with Crippen molar-refractivity contribution in [2.45, 2.75) is 198 Å². The van der Waals surface area contributed by atoms with Gasteiger partial charge in [-0.15, -0.1) is 0 Å². The van der Waals surface area contributed by atoms with Crippen molar-refractivity contribution < 1.29 is 68.2 Å². The number of phosphoric ester groups is 1. The zero-order chi connectivity index (χ0) is 45.9. The molecule has 0 saturated heterocycles. The molecule has 0 aromatic heterocycles. The fraction of sp³-hybridized carbons (Fsp3) is 0.702. The van der Waals surface area contributed by atoms with E-state index in [-0.39, 0.29) is 18.9 Å². The highest BCUT2D eigenvalue weighted by Gasteiger charge is 2.51. The largest absolute Gasteiger partial charge is 0.472 e. The lowest BCUT2D eigenvalue weighted by molar-refractivity contribution is -0.220. The second-order valence-electron chi connectivity index (χ2n) is 15.8. The van der Waals surface area contributed by atoms with Gasteiger partial charge in [-0.1, -0.05) is 112 Å². The van der Waals surface area contributed by atoms with Gasteiger partial charge in [-0.2, -0.15) is 0 Å². The first-order valence-corrected chi connectivity index (χ1v) is 24.3. The summed E-state index contributed by atoms with van der Waals surface area (Å²) in [4.78, 5) is 35.7. The van der Waals surface area contributed by atoms with Crippen LogP contribution in [-0.2, 0) is 32.7 Å². The van der Waals surface area contributed by atoms with E-state index in [1.54, 1.807) is 6.92 Å². The lowest BCUT2D eigenvalue weighted by atomic mass is 9.85. The van der Waals surface area contributed by atoms with Crippen LogP contribution in [0.5, 0.6) is 0 Å². The summed E-state index contributed by atoms with van der Waals surface area (Å²) in [6.07, 6.45) is 29.5. The van der Waals surface area contributed by atoms with Crippen LogP contribution in [0.1, 0.15) is 149 Å². The molecule has 1 saturated carbocycles. The molecule has 15 heteroatoms. The number of phosphoric acid groups is 1. The number of esters is 2. The van der Waals surface area contributed by atoms with Gasteiger partial charge in [-0.25, -0.2) is 4.57 Å². The van der Waals surface area contributed by atoms with Gasteiger partial charge in [0.25, 0.3) is 0 Å². The molecule has 1 fully saturated rings. The minimum atomic E-state index is -5.14. The Kier molecular flexibility index (Phi) is 33.8. The zero-order valence-electron chi connectivity index (χ0n) is 37.2. The second kappa shape index (κ2) is 36.6. The van der Waals surface area contributed by atoms with Gasteiger partial charge >= 0.3 is 19.8 Å². The first-order valence-electron chi connectivity index (χ1n) is 22.8. The molecule has 1 rings (SSSR count). The summed E-state index contributed by atoms with van der Waals surface area (Å²) in [6.45, 7) is 2.75. The molecule has 0 aromatic carbocycles. The van der Waals surface area contributed by atoms with Crippen LogP contribution >= 0.6 is 7.82 Å². The molecule has 0 amide bonds. The number of unbranched alkanes of at least 4 members (excludes halogenated alkanes) is 10. The molecular formula is C47H79O14P. The van der Waals surface area contributed by atoms with Crippen LogP contribution in [-0.4, -0.2) is 110 Å². The van der Waals surface area contributed by atoms with E-state index >= 15 is 0 Å². The van der Waals surface area contributed by atoms with Gasteiger partial charge < -0.3 is 45.0 Å². The van der Waals surface area contributed by atoms with Crippen LogP contribution in [0, 0.1) is 0 Å². The third-order valence-electron chi connectivity index (χ3n) is 10.0. The lowest BCUT2D eigenvalue weighted by Crippen LogP contribution is -2.64. The molecule has 0 bridgehead atoms. The van der Waals surface area contributed by atoms with E-state index < -0.39 is 75.7 Å². The van der Waals surface area contributed by atoms with Crippen molar-refractivity contribution in [1.29, 1.82) is 0 Å². The van der Waals surface area contributed by atoms with E-state index in [0.717, 1.165) is 83.5 Å². The number of carbonyl (C=O) groups excluding carboxylic acids is 2. The summed E-state index contributed by atoms with van der Waals surface area (Å²) in [5.41, 5.74) is 0. The van der Waals surface area contributed by atoms with Gasteiger partial charge in [0.1, 0.15) is 43.2 Å². The predicted molar refractivity (Wildman–Crippen MR) is 241 cm³/mol. The van der Waals surface area contributed by atoms with Crippen molar-refractivity contribution in [2.24, 2.45) is 0 Å². The highest BCUT2D eigenvalue weighted by Crippen LogP contribution is 2.47. The minimum absolute atomic E-state index is 0.0590. The van der Waals surface area contributed by atoms with Crippen LogP contribution in [0.3, 0.4) is 0 Å². The molecule has 0 spiro atoms. The molecule has 3 unspecified atom stereocenters. The molecule has 62 heavy (non-hydrogen) atoms. The Bertz CT molecular complexity index is 1380. The summed E-state index contributed by atoms with van der Waals surface area (Å²) in [6, 6.07) is 0. The zero-order valence-corrected chi connectivity index (χ0v) is 38.1. The van der Waals surface area contributed by atoms with Crippen LogP contribution in [0.2, 0.25) is 0 Å². The molecular weight excluding hydrogens is 819 g/mol. The van der Waals surface area contributed by atoms with Crippen molar-refractivity contribution in [3.63, 3.8) is 0 Å². The number of rotatable bonds is 36. The van der Waals surface area contributed by atoms with Gasteiger partial charge in [-0.3, -0.25) is 18.6 Å². The van der Waals surface area contributed by atoms with E-state index in [4.69, 9.17) is 18.5 Å². The van der Waals surface area contributed by atoms with Gasteiger partial charge in [0.2, 0.25) is 0 Å². The van der Waals surface area contributed by atoms with Crippen molar-refractivity contribution in [3.8, 4) is 0 Å². The first-order chi connectivity index (χ1) is 29.8. The van der Waals surface area contributed by atoms with Gasteiger partial charge in [0, 0.05) is 12.8 Å². The fourth-order valence-electron chi connectivity index (χ4n) is 6.33. The maximum Gasteiger partial charge on any atom is 0.472 e. The average Bonchev–Trinajstić information content (AvgIpc) is 3.24. The molecule has 0 heterocycles. The van der Waals surface area contributed by atoms with Crippen molar-refractivity contribution in [2.75, 3.05) is 13.2 Å². The van der Waals surface area contributed by atoms with E-state index in [2.05, 4.69) is 67.7 Å². The fourth-order valence-corrected chi connectivity index (χ4v) is 7.30. The minimum Gasteiger partial charge on any atom is -0.462 e. The highest BCUT2D eigenvalue weighted by molar-refractivity contribution is 7.47. The van der Waals surface area contributed by atoms with E-state index in [9.17, 15) is 49.7 Å². The molecule has 14 nitrogen and oxygen atoms in total. The number of hydrogen-bond acceptors (Lipinski definition) is 13. The Morgan fingerprint density at radius 3 is 1.53 bits per heavy atom. The van der Waals surface area contributed by atoms with E-state index in [1.165, 1.54) is 19.3 Å². The van der Waals surface area contributed by atoms with Crippen LogP contribution < -0.4 is 0 Å². The van der Waals surface area contributed by atoms with Crippen LogP contribution in [0.4, 0.5) is 0 Å². The lowest BCUT2D eigenvalue weighted by Gasteiger charge is -2.41. The Balaban J connectivity index is 2.52. The van der Waals surface area contributed by atoms with Crippen LogP contribution in [0.25, 0.3) is 0 Å². The Hall–Kier alpha value is -2.75. The van der Waals surface area contributed by atoms with Gasteiger partial charge in [0.15, 0.2) is 6.10 Å². The monoisotopic (exact) mass is 899 g/mol. The number of ether oxygens (including phenoxy) is 2. The quantitative estimate of drug-likeness (QED) is 0.0138. The molecule has 356 valence electrons. The normalized spacial score (nSPS) is 23.0. The first kappa shape index (κ1) is 57.3. The molecule has 0 radical (unpaired) electrons. The smallest absolute Gasteiger partial charge is 0.462 e. The third-order valence-corrected chi connectivity index (χ3v) is 11.0. The number of aliphatic hydroxyl groups is 6. The van der Waals surface area contributed by atoms with Crippen molar-refractivity contribution in [1.82, 2.24) is 0 Å². The van der Waals surface area contributed by atoms with Crippen molar-refractivity contribution in [3.05, 3.63) is 72.9 Å². The predicted octanol–water partition coefficient (Wildman–Crippen LogP) is 7.69. The summed E-state index contributed by atoms with van der Waals surface area (Å²) in [5, 5.41) is 59.4. The summed E-state index contributed by atoms with van der Waals surface area (Å²) in [7, 11) is -5.14. The summed E-state index contributed by atoms with van der Waals surface area (Å²) in [5.74, 6) is -1.20. The third kappa shape index (κ3) is 29.6. The maximum absolute atomic E-state index is 12.8. The molecule has 7 N–H and O–H groups in total. The number of carbonyl (C=O) groups is 2. The average molecular weight is 899 g/mol. The summed E-state index contributed by atoms with van der Waals surface area (Å²) >= 11 is 0. The number of aliphatic hydroxyl groups excluding tert-OH is 6. The van der Waals surface area contributed by atoms with E-state index in [1.807, 2.05) is 12.2 Å². The standard InChI is InChI=1S/C47H79O14P/c1-3-4-5-6-7-8-9-10-12-17-20-23-26-29-32-35-41(50)60-39(37-59-62(56,57)61-47-45(54)43(52)42(51)44(53)46(47)55)36-58-40(49)34-31-28-25-22-19-16-14-11-13-15-18-21-24-27-30-33-38(2)48/h7-8,10,12-16,21-22,24-25,38-39,42-48,51-55H,3-6,9,11,17-20,23,26-37H2,1-2H3,(H,56,57)/b8-7-,12-10-,15-13-,16-14-,24-21-,25-22-/t38-,39-,42?,43-,44+,45-,46-,47?/m1/s1.